The largest absolute Gasteiger partial charge is 0.350 e. The van der Waals surface area contributed by atoms with Crippen molar-refractivity contribution in [2.24, 2.45) is 5.92 Å². The molecule has 8 nitrogen and oxygen atoms in total. The molecule has 3 N–H and O–H groups in total. The summed E-state index contributed by atoms with van der Waals surface area (Å²) in [7, 11) is -4.44. The van der Waals surface area contributed by atoms with E-state index in [2.05, 4.69) is 30.4 Å². The van der Waals surface area contributed by atoms with Gasteiger partial charge in [0.25, 0.3) is 10.1 Å². The van der Waals surface area contributed by atoms with Gasteiger partial charge in [-0.25, -0.2) is 0 Å². The number of carbonyl (C=O) groups excluding carboxylic acids is 3. The SMILES string of the molecule is C=CC(=O)CC1CCC(NC(=O)C=C)CCCCC(NC(=O)C=C)CCC1S(=O)(=O)O. The zero-order valence-electron chi connectivity index (χ0n) is 17.9. The molecule has 1 aliphatic carbocycles. The van der Waals surface area contributed by atoms with Crippen LogP contribution in [0.4, 0.5) is 0 Å². The normalized spacial score (nSPS) is 25.7. The molecule has 0 bridgehead atoms. The molecule has 4 unspecified atom stereocenters. The summed E-state index contributed by atoms with van der Waals surface area (Å²) < 4.78 is 34.3. The van der Waals surface area contributed by atoms with Crippen molar-refractivity contribution in [1.82, 2.24) is 10.6 Å². The Morgan fingerprint density at radius 2 is 1.29 bits per heavy atom. The van der Waals surface area contributed by atoms with Crippen LogP contribution in [0.3, 0.4) is 0 Å². The molecule has 4 atom stereocenters. The Kier molecular flexibility index (Phi) is 11.4. The Hall–Kier alpha value is -2.26. The second kappa shape index (κ2) is 13.2. The van der Waals surface area contributed by atoms with E-state index in [-0.39, 0.29) is 42.5 Å². The van der Waals surface area contributed by atoms with Crippen LogP contribution in [-0.2, 0) is 24.5 Å². The first-order valence-corrected chi connectivity index (χ1v) is 12.1. The standard InChI is InChI=1S/C22H34N2O6S/c1-4-19(25)15-16-11-12-17(23-21(26)5-2)9-7-8-10-18(24-22(27)6-3)13-14-20(16)31(28,29)30/h4-6,16-18,20H,1-3,7-15H2,(H,23,26)(H,24,27)(H,28,29,30). The van der Waals surface area contributed by atoms with Gasteiger partial charge >= 0.3 is 0 Å². The van der Waals surface area contributed by atoms with Gasteiger partial charge in [0.05, 0.1) is 5.25 Å². The summed E-state index contributed by atoms with van der Waals surface area (Å²) in [5.41, 5.74) is 0. The van der Waals surface area contributed by atoms with Gasteiger partial charge in [-0.2, -0.15) is 8.42 Å². The van der Waals surface area contributed by atoms with E-state index in [0.29, 0.717) is 32.1 Å². The first-order valence-electron chi connectivity index (χ1n) is 10.6. The Balaban J connectivity index is 3.18. The highest BCUT2D eigenvalue weighted by Gasteiger charge is 2.34. The average molecular weight is 455 g/mol. The zero-order chi connectivity index (χ0) is 23.4. The Bertz CT molecular complexity index is 777. The number of allylic oxidation sites excluding steroid dienone is 1. The maximum atomic E-state index is 12.2. The monoisotopic (exact) mass is 454 g/mol. The van der Waals surface area contributed by atoms with Crippen LogP contribution in [0.5, 0.6) is 0 Å². The van der Waals surface area contributed by atoms with E-state index >= 15 is 0 Å². The Morgan fingerprint density at radius 1 is 0.806 bits per heavy atom. The minimum atomic E-state index is -4.44. The van der Waals surface area contributed by atoms with Gasteiger partial charge in [-0.15, -0.1) is 0 Å². The highest BCUT2D eigenvalue weighted by atomic mass is 32.2. The van der Waals surface area contributed by atoms with Crippen LogP contribution in [-0.4, -0.2) is 47.9 Å². The molecule has 1 saturated carbocycles. The van der Waals surface area contributed by atoms with E-state index < -0.39 is 21.3 Å². The van der Waals surface area contributed by atoms with Crippen LogP contribution in [0.1, 0.15) is 57.8 Å². The van der Waals surface area contributed by atoms with Crippen molar-refractivity contribution < 1.29 is 27.4 Å². The molecule has 0 aromatic heterocycles. The van der Waals surface area contributed by atoms with Gasteiger partial charge in [0.2, 0.25) is 11.8 Å². The third-order valence-corrected chi connectivity index (χ3v) is 7.09. The quantitative estimate of drug-likeness (QED) is 0.382. The third-order valence-electron chi connectivity index (χ3n) is 5.70. The number of amides is 2. The van der Waals surface area contributed by atoms with Crippen LogP contribution in [0.2, 0.25) is 0 Å². The lowest BCUT2D eigenvalue weighted by Crippen LogP contribution is -2.39. The number of ketones is 1. The van der Waals surface area contributed by atoms with Crippen molar-refractivity contribution in [3.05, 3.63) is 38.0 Å². The fourth-order valence-electron chi connectivity index (χ4n) is 4.05. The minimum Gasteiger partial charge on any atom is -0.350 e. The molecule has 0 aromatic carbocycles. The van der Waals surface area contributed by atoms with E-state index in [1.165, 1.54) is 6.08 Å². The number of rotatable bonds is 8. The van der Waals surface area contributed by atoms with Crippen molar-refractivity contribution >= 4 is 27.7 Å². The van der Waals surface area contributed by atoms with E-state index in [0.717, 1.165) is 25.0 Å². The van der Waals surface area contributed by atoms with Crippen molar-refractivity contribution in [2.75, 3.05) is 0 Å². The second-order valence-electron chi connectivity index (χ2n) is 7.95. The first kappa shape index (κ1) is 26.8. The fourth-order valence-corrected chi connectivity index (χ4v) is 5.20. The lowest BCUT2D eigenvalue weighted by atomic mass is 9.86. The highest BCUT2D eigenvalue weighted by molar-refractivity contribution is 7.86. The third kappa shape index (κ3) is 10.1. The van der Waals surface area contributed by atoms with Crippen molar-refractivity contribution in [3.63, 3.8) is 0 Å². The molecule has 174 valence electrons. The van der Waals surface area contributed by atoms with Gasteiger partial charge in [-0.1, -0.05) is 32.6 Å². The summed E-state index contributed by atoms with van der Waals surface area (Å²) in [6.07, 6.45) is 7.52. The lowest BCUT2D eigenvalue weighted by molar-refractivity contribution is -0.118. The number of carbonyl (C=O) groups is 3. The van der Waals surface area contributed by atoms with Gasteiger partial charge in [-0.05, 0) is 62.7 Å². The van der Waals surface area contributed by atoms with Crippen LogP contribution < -0.4 is 10.6 Å². The van der Waals surface area contributed by atoms with Crippen molar-refractivity contribution in [1.29, 1.82) is 0 Å². The van der Waals surface area contributed by atoms with Gasteiger partial charge in [0.1, 0.15) is 0 Å². The predicted octanol–water partition coefficient (Wildman–Crippen LogP) is 2.48. The summed E-state index contributed by atoms with van der Waals surface area (Å²) in [6, 6.07) is -0.499. The summed E-state index contributed by atoms with van der Waals surface area (Å²) in [6.45, 7) is 10.3. The molecule has 0 saturated heterocycles. The summed E-state index contributed by atoms with van der Waals surface area (Å²) in [4.78, 5) is 35.6. The molecular formula is C22H34N2O6S. The zero-order valence-corrected chi connectivity index (χ0v) is 18.7. The highest BCUT2D eigenvalue weighted by Crippen LogP contribution is 2.29. The smallest absolute Gasteiger partial charge is 0.268 e. The molecule has 0 aliphatic heterocycles. The molecule has 1 aliphatic rings. The van der Waals surface area contributed by atoms with Gasteiger partial charge in [0, 0.05) is 18.5 Å². The minimum absolute atomic E-state index is 0.0697. The van der Waals surface area contributed by atoms with Crippen LogP contribution >= 0.6 is 0 Å². The molecular weight excluding hydrogens is 420 g/mol. The van der Waals surface area contributed by atoms with Gasteiger partial charge in [-0.3, -0.25) is 18.9 Å². The molecule has 1 fully saturated rings. The van der Waals surface area contributed by atoms with E-state index in [4.69, 9.17) is 0 Å². The molecule has 9 heteroatoms. The lowest BCUT2D eigenvalue weighted by Gasteiger charge is -2.29. The topological polar surface area (TPSA) is 130 Å². The second-order valence-corrected chi connectivity index (χ2v) is 9.58. The molecule has 1 rings (SSSR count). The molecule has 0 radical (unpaired) electrons. The maximum absolute atomic E-state index is 12.2. The number of hydrogen-bond acceptors (Lipinski definition) is 5. The number of hydrogen-bond donors (Lipinski definition) is 3. The summed E-state index contributed by atoms with van der Waals surface area (Å²) in [5.74, 6) is -1.62. The van der Waals surface area contributed by atoms with E-state index in [1.54, 1.807) is 0 Å². The first-order chi connectivity index (χ1) is 14.6. The molecule has 2 amide bonds. The fraction of sp³-hybridized carbons (Fsp3) is 0.591. The van der Waals surface area contributed by atoms with E-state index in [1.807, 2.05) is 0 Å². The van der Waals surface area contributed by atoms with Crippen LogP contribution in [0.15, 0.2) is 38.0 Å². The average Bonchev–Trinajstić information content (AvgIpc) is 2.71. The predicted molar refractivity (Wildman–Crippen MR) is 120 cm³/mol. The van der Waals surface area contributed by atoms with Crippen LogP contribution in [0.25, 0.3) is 0 Å². The van der Waals surface area contributed by atoms with Gasteiger partial charge < -0.3 is 10.6 Å². The summed E-state index contributed by atoms with van der Waals surface area (Å²) >= 11 is 0. The Labute approximate surface area is 185 Å². The Morgan fingerprint density at radius 3 is 1.71 bits per heavy atom. The van der Waals surface area contributed by atoms with Crippen molar-refractivity contribution in [3.8, 4) is 0 Å². The molecule has 0 aromatic rings. The van der Waals surface area contributed by atoms with Gasteiger partial charge in [0.15, 0.2) is 5.78 Å². The van der Waals surface area contributed by atoms with Crippen LogP contribution in [0, 0.1) is 5.92 Å². The molecule has 0 spiro atoms. The number of nitrogens with one attached hydrogen (secondary N) is 2. The molecule has 0 heterocycles. The van der Waals surface area contributed by atoms with E-state index in [9.17, 15) is 27.4 Å². The molecule has 31 heavy (non-hydrogen) atoms. The summed E-state index contributed by atoms with van der Waals surface area (Å²) in [5, 5.41) is 4.51. The maximum Gasteiger partial charge on any atom is 0.268 e. The van der Waals surface area contributed by atoms with Crippen molar-refractivity contribution in [2.45, 2.75) is 75.1 Å².